The molecule has 6 nitrogen and oxygen atoms in total. The maximum Gasteiger partial charge on any atom is 0.303 e. The zero-order valence-corrected chi connectivity index (χ0v) is 15.3. The van der Waals surface area contributed by atoms with Crippen molar-refractivity contribution in [2.24, 2.45) is 0 Å². The summed E-state index contributed by atoms with van der Waals surface area (Å²) < 4.78 is 16.9. The Morgan fingerprint density at radius 3 is 2.52 bits per heavy atom. The third-order valence-electron chi connectivity index (χ3n) is 3.77. The molecule has 0 aliphatic heterocycles. The van der Waals surface area contributed by atoms with Crippen molar-refractivity contribution in [1.82, 2.24) is 0 Å². The van der Waals surface area contributed by atoms with E-state index in [0.717, 1.165) is 42.7 Å². The number of nitrogens with two attached hydrogens (primary N) is 1. The predicted molar refractivity (Wildman–Crippen MR) is 97.8 cm³/mol. The van der Waals surface area contributed by atoms with Crippen LogP contribution in [0.1, 0.15) is 51.5 Å². The Morgan fingerprint density at radius 1 is 1.16 bits per heavy atom. The van der Waals surface area contributed by atoms with Crippen LogP contribution in [0, 0.1) is 0 Å². The Balaban J connectivity index is 2.42. The van der Waals surface area contributed by atoms with E-state index in [1.165, 1.54) is 0 Å². The standard InChI is InChI=1S/C19H31NO5/c1-3-23-19(24-4-2)12-9-15-14-16(10-11-17(15)20)25-13-7-5-6-8-18(21)22/h10-11,14,19H,3-9,12-13,20H2,1-2H3,(H,21,22). The molecule has 3 N–H and O–H groups in total. The summed E-state index contributed by atoms with van der Waals surface area (Å²) >= 11 is 0. The number of carboxylic acid groups (broad SMARTS) is 1. The lowest BCUT2D eigenvalue weighted by atomic mass is 10.1. The second-order valence-corrected chi connectivity index (χ2v) is 5.79. The van der Waals surface area contributed by atoms with Crippen LogP contribution in [-0.2, 0) is 20.7 Å². The third kappa shape index (κ3) is 9.31. The molecule has 0 saturated carbocycles. The summed E-state index contributed by atoms with van der Waals surface area (Å²) in [6.45, 7) is 5.70. The Hall–Kier alpha value is -1.79. The highest BCUT2D eigenvalue weighted by molar-refractivity contribution is 5.66. The fraction of sp³-hybridized carbons (Fsp3) is 0.632. The number of aryl methyl sites for hydroxylation is 1. The molecule has 0 aromatic heterocycles. The molecule has 0 bridgehead atoms. The van der Waals surface area contributed by atoms with E-state index in [9.17, 15) is 4.79 Å². The molecule has 25 heavy (non-hydrogen) atoms. The molecule has 0 aliphatic carbocycles. The van der Waals surface area contributed by atoms with Gasteiger partial charge in [0.25, 0.3) is 0 Å². The minimum atomic E-state index is -0.749. The van der Waals surface area contributed by atoms with Crippen molar-refractivity contribution in [3.63, 3.8) is 0 Å². The van der Waals surface area contributed by atoms with Crippen molar-refractivity contribution >= 4 is 11.7 Å². The molecule has 0 amide bonds. The summed E-state index contributed by atoms with van der Waals surface area (Å²) in [5, 5.41) is 8.60. The van der Waals surface area contributed by atoms with E-state index < -0.39 is 5.97 Å². The molecule has 1 rings (SSSR count). The van der Waals surface area contributed by atoms with E-state index in [4.69, 9.17) is 25.1 Å². The molecule has 1 aromatic rings. The largest absolute Gasteiger partial charge is 0.494 e. The summed E-state index contributed by atoms with van der Waals surface area (Å²) in [5.74, 6) is 0.0355. The number of nitrogen functional groups attached to an aromatic ring is 1. The topological polar surface area (TPSA) is 91.0 Å². The molecule has 1 aromatic carbocycles. The highest BCUT2D eigenvalue weighted by Crippen LogP contribution is 2.22. The van der Waals surface area contributed by atoms with Crippen LogP contribution in [0.25, 0.3) is 0 Å². The van der Waals surface area contributed by atoms with E-state index in [1.54, 1.807) is 0 Å². The monoisotopic (exact) mass is 353 g/mol. The Morgan fingerprint density at radius 2 is 1.88 bits per heavy atom. The second-order valence-electron chi connectivity index (χ2n) is 5.79. The molecule has 0 atom stereocenters. The zero-order chi connectivity index (χ0) is 18.5. The lowest BCUT2D eigenvalue weighted by molar-refractivity contribution is -0.139. The quantitative estimate of drug-likeness (QED) is 0.301. The SMILES string of the molecule is CCOC(CCc1cc(OCCCCCC(=O)O)ccc1N)OCC. The first kappa shape index (κ1) is 21.3. The molecule has 0 saturated heterocycles. The van der Waals surface area contributed by atoms with Crippen LogP contribution in [0.5, 0.6) is 5.75 Å². The van der Waals surface area contributed by atoms with Gasteiger partial charge in [-0.25, -0.2) is 0 Å². The van der Waals surface area contributed by atoms with Crippen LogP contribution >= 0.6 is 0 Å². The van der Waals surface area contributed by atoms with Gasteiger partial charge in [-0.1, -0.05) is 0 Å². The van der Waals surface area contributed by atoms with Gasteiger partial charge in [-0.3, -0.25) is 4.79 Å². The summed E-state index contributed by atoms with van der Waals surface area (Å²) in [4.78, 5) is 10.5. The van der Waals surface area contributed by atoms with Gasteiger partial charge in [0.15, 0.2) is 6.29 Å². The van der Waals surface area contributed by atoms with Crippen molar-refractivity contribution in [2.75, 3.05) is 25.6 Å². The summed E-state index contributed by atoms with van der Waals surface area (Å²) in [5.41, 5.74) is 7.81. The molecular weight excluding hydrogens is 322 g/mol. The lowest BCUT2D eigenvalue weighted by Crippen LogP contribution is -2.18. The van der Waals surface area contributed by atoms with Crippen molar-refractivity contribution < 1.29 is 24.1 Å². The van der Waals surface area contributed by atoms with Crippen molar-refractivity contribution in [3.8, 4) is 5.75 Å². The minimum Gasteiger partial charge on any atom is -0.494 e. The van der Waals surface area contributed by atoms with Gasteiger partial charge in [0.1, 0.15) is 5.75 Å². The first-order valence-corrected chi connectivity index (χ1v) is 9.03. The highest BCUT2D eigenvalue weighted by Gasteiger charge is 2.10. The van der Waals surface area contributed by atoms with Gasteiger partial charge in [-0.15, -0.1) is 0 Å². The molecule has 0 heterocycles. The highest BCUT2D eigenvalue weighted by atomic mass is 16.7. The maximum absolute atomic E-state index is 10.5. The third-order valence-corrected chi connectivity index (χ3v) is 3.77. The van der Waals surface area contributed by atoms with Crippen LogP contribution < -0.4 is 10.5 Å². The molecular formula is C19H31NO5. The fourth-order valence-corrected chi connectivity index (χ4v) is 2.49. The van der Waals surface area contributed by atoms with Crippen molar-refractivity contribution in [2.45, 2.75) is 58.7 Å². The minimum absolute atomic E-state index is 0.215. The number of benzene rings is 1. The summed E-state index contributed by atoms with van der Waals surface area (Å²) in [6, 6.07) is 5.67. The number of carboxylic acids is 1. The van der Waals surface area contributed by atoms with E-state index in [0.29, 0.717) is 26.2 Å². The summed E-state index contributed by atoms with van der Waals surface area (Å²) in [6.07, 6.45) is 3.86. The first-order valence-electron chi connectivity index (χ1n) is 9.03. The van der Waals surface area contributed by atoms with Gasteiger partial charge in [0.05, 0.1) is 6.61 Å². The van der Waals surface area contributed by atoms with E-state index >= 15 is 0 Å². The second kappa shape index (κ2) is 12.6. The van der Waals surface area contributed by atoms with Gasteiger partial charge >= 0.3 is 5.97 Å². The van der Waals surface area contributed by atoms with Crippen LogP contribution in [0.2, 0.25) is 0 Å². The number of hydrogen-bond acceptors (Lipinski definition) is 5. The van der Waals surface area contributed by atoms with E-state index in [1.807, 2.05) is 32.0 Å². The average Bonchev–Trinajstić information content (AvgIpc) is 2.58. The smallest absolute Gasteiger partial charge is 0.303 e. The molecule has 0 fully saturated rings. The number of ether oxygens (including phenoxy) is 3. The molecule has 0 spiro atoms. The molecule has 0 unspecified atom stereocenters. The lowest BCUT2D eigenvalue weighted by Gasteiger charge is -2.17. The molecule has 142 valence electrons. The Labute approximate surface area is 150 Å². The number of rotatable bonds is 14. The van der Waals surface area contributed by atoms with Gasteiger partial charge in [0.2, 0.25) is 0 Å². The normalized spacial score (nSPS) is 11.0. The van der Waals surface area contributed by atoms with Crippen LogP contribution in [0.15, 0.2) is 18.2 Å². The van der Waals surface area contributed by atoms with Crippen molar-refractivity contribution in [3.05, 3.63) is 23.8 Å². The first-order chi connectivity index (χ1) is 12.1. The van der Waals surface area contributed by atoms with Gasteiger partial charge in [-0.2, -0.15) is 0 Å². The van der Waals surface area contributed by atoms with Crippen LogP contribution in [0.3, 0.4) is 0 Å². The number of unbranched alkanes of at least 4 members (excludes halogenated alkanes) is 2. The number of carbonyl (C=O) groups is 1. The number of aliphatic carboxylic acids is 1. The van der Waals surface area contributed by atoms with Crippen LogP contribution in [-0.4, -0.2) is 37.2 Å². The van der Waals surface area contributed by atoms with Gasteiger partial charge < -0.3 is 25.1 Å². The van der Waals surface area contributed by atoms with E-state index in [2.05, 4.69) is 0 Å². The molecule has 0 aliphatic rings. The van der Waals surface area contributed by atoms with Gasteiger partial charge in [-0.05, 0) is 63.3 Å². The fourth-order valence-electron chi connectivity index (χ4n) is 2.49. The van der Waals surface area contributed by atoms with Crippen molar-refractivity contribution in [1.29, 1.82) is 0 Å². The number of hydrogen-bond donors (Lipinski definition) is 2. The maximum atomic E-state index is 10.5. The summed E-state index contributed by atoms with van der Waals surface area (Å²) in [7, 11) is 0. The van der Waals surface area contributed by atoms with E-state index in [-0.39, 0.29) is 12.7 Å². The van der Waals surface area contributed by atoms with Crippen LogP contribution in [0.4, 0.5) is 5.69 Å². The Kier molecular flexibility index (Phi) is 10.7. The predicted octanol–water partition coefficient (Wildman–Crippen LogP) is 3.62. The van der Waals surface area contributed by atoms with Gasteiger partial charge in [0, 0.05) is 31.7 Å². The molecule has 6 heteroatoms. The average molecular weight is 353 g/mol. The molecule has 0 radical (unpaired) electrons. The Bertz CT molecular complexity index is 501. The zero-order valence-electron chi connectivity index (χ0n) is 15.3. The number of anilines is 1.